The third-order valence-electron chi connectivity index (χ3n) is 4.48. The van der Waals surface area contributed by atoms with Gasteiger partial charge in [-0.25, -0.2) is 4.98 Å². The van der Waals surface area contributed by atoms with Crippen molar-refractivity contribution >= 4 is 33.4 Å². The van der Waals surface area contributed by atoms with Crippen molar-refractivity contribution in [2.75, 3.05) is 19.7 Å². The quantitative estimate of drug-likeness (QED) is 0.755. The Morgan fingerprint density at radius 3 is 2.84 bits per heavy atom. The zero-order valence-corrected chi connectivity index (χ0v) is 15.0. The number of likely N-dealkylation sites (tertiary alicyclic amines) is 1. The molecule has 1 fully saturated rings. The Labute approximate surface area is 149 Å². The Bertz CT molecular complexity index is 821. The fourth-order valence-corrected chi connectivity index (χ4v) is 3.77. The molecule has 7 nitrogen and oxygen atoms in total. The highest BCUT2D eigenvalue weighted by atomic mass is 32.1. The van der Waals surface area contributed by atoms with Crippen LogP contribution in [0.4, 0.5) is 0 Å². The van der Waals surface area contributed by atoms with Gasteiger partial charge in [0.25, 0.3) is 5.56 Å². The summed E-state index contributed by atoms with van der Waals surface area (Å²) in [5.41, 5.74) is -0.111. The van der Waals surface area contributed by atoms with Crippen molar-refractivity contribution < 1.29 is 14.3 Å². The molecule has 2 aromatic rings. The van der Waals surface area contributed by atoms with E-state index < -0.39 is 0 Å². The number of esters is 1. The van der Waals surface area contributed by atoms with Gasteiger partial charge in [0.05, 0.1) is 24.2 Å². The molecule has 0 bridgehead atoms. The Kier molecular flexibility index (Phi) is 5.47. The van der Waals surface area contributed by atoms with Crippen LogP contribution in [0.5, 0.6) is 0 Å². The van der Waals surface area contributed by atoms with Crippen LogP contribution in [0.3, 0.4) is 0 Å². The molecule has 1 amide bonds. The van der Waals surface area contributed by atoms with Crippen molar-refractivity contribution in [1.82, 2.24) is 14.5 Å². The molecule has 134 valence electrons. The summed E-state index contributed by atoms with van der Waals surface area (Å²) in [6.07, 6.45) is 3.02. The van der Waals surface area contributed by atoms with Crippen LogP contribution in [0.2, 0.25) is 0 Å². The molecule has 0 spiro atoms. The first-order chi connectivity index (χ1) is 12.1. The number of piperidine rings is 1. The molecule has 1 saturated heterocycles. The second kappa shape index (κ2) is 7.77. The lowest BCUT2D eigenvalue weighted by Crippen LogP contribution is -2.41. The molecule has 25 heavy (non-hydrogen) atoms. The summed E-state index contributed by atoms with van der Waals surface area (Å²) in [5, 5.41) is 2.43. The Morgan fingerprint density at radius 2 is 2.12 bits per heavy atom. The zero-order valence-electron chi connectivity index (χ0n) is 14.1. The fraction of sp³-hybridized carbons (Fsp3) is 0.529. The van der Waals surface area contributed by atoms with E-state index in [1.54, 1.807) is 17.9 Å². The first-order valence-electron chi connectivity index (χ1n) is 8.47. The van der Waals surface area contributed by atoms with E-state index in [1.165, 1.54) is 22.2 Å². The van der Waals surface area contributed by atoms with E-state index in [9.17, 15) is 14.4 Å². The molecule has 3 rings (SSSR count). The summed E-state index contributed by atoms with van der Waals surface area (Å²) in [7, 11) is 0. The van der Waals surface area contributed by atoms with E-state index in [0.717, 1.165) is 0 Å². The van der Waals surface area contributed by atoms with Crippen LogP contribution in [0.25, 0.3) is 10.2 Å². The second-order valence-corrected chi connectivity index (χ2v) is 6.93. The largest absolute Gasteiger partial charge is 0.466 e. The molecule has 0 N–H and O–H groups in total. The van der Waals surface area contributed by atoms with E-state index in [4.69, 9.17) is 4.74 Å². The Morgan fingerprint density at radius 1 is 1.36 bits per heavy atom. The van der Waals surface area contributed by atoms with Gasteiger partial charge in [-0.05, 0) is 31.2 Å². The molecular weight excluding hydrogens is 342 g/mol. The SMILES string of the molecule is CCOC(=O)C1CCN(C(=O)CCn2cnc3sccc3c2=O)CC1. The van der Waals surface area contributed by atoms with Crippen LogP contribution in [0, 0.1) is 5.92 Å². The number of hydrogen-bond acceptors (Lipinski definition) is 6. The second-order valence-electron chi connectivity index (χ2n) is 6.04. The van der Waals surface area contributed by atoms with Crippen molar-refractivity contribution in [1.29, 1.82) is 0 Å². The maximum atomic E-state index is 12.4. The highest BCUT2D eigenvalue weighted by Crippen LogP contribution is 2.19. The fourth-order valence-electron chi connectivity index (χ4n) is 3.05. The first-order valence-corrected chi connectivity index (χ1v) is 9.35. The van der Waals surface area contributed by atoms with E-state index in [1.807, 2.05) is 5.38 Å². The van der Waals surface area contributed by atoms with Crippen LogP contribution in [0.15, 0.2) is 22.6 Å². The number of amides is 1. The van der Waals surface area contributed by atoms with Crippen LogP contribution in [-0.2, 0) is 20.9 Å². The van der Waals surface area contributed by atoms with Gasteiger partial charge in [0.1, 0.15) is 4.83 Å². The van der Waals surface area contributed by atoms with Crippen LogP contribution < -0.4 is 5.56 Å². The molecule has 1 aliphatic heterocycles. The van der Waals surface area contributed by atoms with Gasteiger partial charge in [0.15, 0.2) is 0 Å². The smallest absolute Gasteiger partial charge is 0.309 e. The van der Waals surface area contributed by atoms with Gasteiger partial charge in [-0.1, -0.05) is 0 Å². The molecule has 2 aromatic heterocycles. The summed E-state index contributed by atoms with van der Waals surface area (Å²) in [4.78, 5) is 43.1. The monoisotopic (exact) mass is 363 g/mol. The van der Waals surface area contributed by atoms with Crippen LogP contribution in [0.1, 0.15) is 26.2 Å². The molecular formula is C17H21N3O4S. The number of rotatable bonds is 5. The van der Waals surface area contributed by atoms with Gasteiger partial charge in [-0.15, -0.1) is 11.3 Å². The number of fused-ring (bicyclic) bond motifs is 1. The number of hydrogen-bond donors (Lipinski definition) is 0. The van der Waals surface area contributed by atoms with Crippen LogP contribution >= 0.6 is 11.3 Å². The molecule has 8 heteroatoms. The number of carbonyl (C=O) groups is 2. The van der Waals surface area contributed by atoms with Gasteiger partial charge in [-0.2, -0.15) is 0 Å². The van der Waals surface area contributed by atoms with E-state index in [0.29, 0.717) is 49.3 Å². The topological polar surface area (TPSA) is 81.5 Å². The van der Waals surface area contributed by atoms with Gasteiger partial charge in [-0.3, -0.25) is 19.0 Å². The maximum Gasteiger partial charge on any atom is 0.309 e. The molecule has 0 aliphatic carbocycles. The average molecular weight is 363 g/mol. The van der Waals surface area contributed by atoms with Crippen molar-refractivity contribution in [3.05, 3.63) is 28.1 Å². The highest BCUT2D eigenvalue weighted by molar-refractivity contribution is 7.16. The first kappa shape index (κ1) is 17.6. The lowest BCUT2D eigenvalue weighted by molar-refractivity contribution is -0.151. The average Bonchev–Trinajstić information content (AvgIpc) is 3.11. The molecule has 0 aromatic carbocycles. The van der Waals surface area contributed by atoms with Gasteiger partial charge >= 0.3 is 5.97 Å². The minimum Gasteiger partial charge on any atom is -0.466 e. The van der Waals surface area contributed by atoms with Gasteiger partial charge in [0, 0.05) is 26.1 Å². The highest BCUT2D eigenvalue weighted by Gasteiger charge is 2.28. The zero-order chi connectivity index (χ0) is 17.8. The normalized spacial score (nSPS) is 15.5. The summed E-state index contributed by atoms with van der Waals surface area (Å²) in [6.45, 7) is 3.60. The molecule has 0 atom stereocenters. The number of aromatic nitrogens is 2. The van der Waals surface area contributed by atoms with Gasteiger partial charge in [0.2, 0.25) is 5.91 Å². The number of aryl methyl sites for hydroxylation is 1. The van der Waals surface area contributed by atoms with Crippen molar-refractivity contribution in [3.8, 4) is 0 Å². The van der Waals surface area contributed by atoms with Gasteiger partial charge < -0.3 is 9.64 Å². The molecule has 0 saturated carbocycles. The molecule has 0 unspecified atom stereocenters. The van der Waals surface area contributed by atoms with Crippen molar-refractivity contribution in [2.45, 2.75) is 32.7 Å². The number of ether oxygens (including phenoxy) is 1. The Balaban J connectivity index is 1.54. The van der Waals surface area contributed by atoms with E-state index in [-0.39, 0.29) is 29.8 Å². The third kappa shape index (κ3) is 3.89. The predicted molar refractivity (Wildman–Crippen MR) is 94.4 cm³/mol. The summed E-state index contributed by atoms with van der Waals surface area (Å²) in [6, 6.07) is 1.76. The van der Waals surface area contributed by atoms with Crippen molar-refractivity contribution in [2.24, 2.45) is 5.92 Å². The summed E-state index contributed by atoms with van der Waals surface area (Å²) in [5.74, 6) is -0.285. The number of thiophene rings is 1. The Hall–Kier alpha value is -2.22. The molecule has 3 heterocycles. The minimum atomic E-state index is -0.170. The standard InChI is InChI=1S/C17H21N3O4S/c1-2-24-17(23)12-3-7-19(8-4-12)14(21)5-9-20-11-18-15-13(16(20)22)6-10-25-15/h6,10-12H,2-5,7-9H2,1H3. The number of carbonyl (C=O) groups excluding carboxylic acids is 2. The van der Waals surface area contributed by atoms with Crippen LogP contribution in [-0.4, -0.2) is 46.0 Å². The molecule has 1 aliphatic rings. The number of nitrogens with zero attached hydrogens (tertiary/aromatic N) is 3. The lowest BCUT2D eigenvalue weighted by Gasteiger charge is -2.31. The van der Waals surface area contributed by atoms with Crippen molar-refractivity contribution in [3.63, 3.8) is 0 Å². The third-order valence-corrected chi connectivity index (χ3v) is 5.31. The predicted octanol–water partition coefficient (Wildman–Crippen LogP) is 1.65. The summed E-state index contributed by atoms with van der Waals surface area (Å²) >= 11 is 1.43. The maximum absolute atomic E-state index is 12.4. The molecule has 0 radical (unpaired) electrons. The van der Waals surface area contributed by atoms with E-state index >= 15 is 0 Å². The minimum absolute atomic E-state index is 0.000348. The summed E-state index contributed by atoms with van der Waals surface area (Å²) < 4.78 is 6.52. The lowest BCUT2D eigenvalue weighted by atomic mass is 9.97. The van der Waals surface area contributed by atoms with E-state index in [2.05, 4.69) is 4.98 Å².